The maximum atomic E-state index is 12.6. The molecule has 1 aromatic rings. The molecule has 0 heterocycles. The second kappa shape index (κ2) is 8.56. The van der Waals surface area contributed by atoms with Crippen molar-refractivity contribution < 1.29 is 14.7 Å². The SMILES string of the molecule is CSCCC(C)N(C)C(=O)N(CC(=O)O)c1ccccc1. The van der Waals surface area contributed by atoms with Crippen LogP contribution >= 0.6 is 11.8 Å². The maximum absolute atomic E-state index is 12.6. The van der Waals surface area contributed by atoms with Crippen molar-refractivity contribution in [2.24, 2.45) is 0 Å². The predicted molar refractivity (Wildman–Crippen MR) is 87.0 cm³/mol. The summed E-state index contributed by atoms with van der Waals surface area (Å²) in [5, 5.41) is 9.04. The molecule has 0 aliphatic carbocycles. The second-order valence-electron chi connectivity index (χ2n) is 4.84. The third-order valence-corrected chi connectivity index (χ3v) is 3.94. The van der Waals surface area contributed by atoms with Gasteiger partial charge in [-0.2, -0.15) is 11.8 Å². The van der Waals surface area contributed by atoms with E-state index in [0.717, 1.165) is 12.2 Å². The lowest BCUT2D eigenvalue weighted by molar-refractivity contribution is -0.135. The smallest absolute Gasteiger partial charge is 0.325 e. The van der Waals surface area contributed by atoms with Crippen molar-refractivity contribution in [3.8, 4) is 0 Å². The van der Waals surface area contributed by atoms with Crippen molar-refractivity contribution in [1.29, 1.82) is 0 Å². The van der Waals surface area contributed by atoms with E-state index < -0.39 is 5.97 Å². The molecular weight excluding hydrogens is 288 g/mol. The Balaban J connectivity index is 2.87. The molecule has 0 bridgehead atoms. The van der Waals surface area contributed by atoms with Gasteiger partial charge in [0.25, 0.3) is 0 Å². The number of thioether (sulfide) groups is 1. The number of carboxylic acid groups (broad SMARTS) is 1. The van der Waals surface area contributed by atoms with Gasteiger partial charge in [0.15, 0.2) is 0 Å². The first-order chi connectivity index (χ1) is 9.97. The summed E-state index contributed by atoms with van der Waals surface area (Å²) < 4.78 is 0. The van der Waals surface area contributed by atoms with E-state index in [0.29, 0.717) is 5.69 Å². The molecule has 0 aliphatic heterocycles. The van der Waals surface area contributed by atoms with Crippen LogP contribution in [-0.4, -0.2) is 53.6 Å². The third-order valence-electron chi connectivity index (χ3n) is 3.29. The number of nitrogens with zero attached hydrogens (tertiary/aromatic N) is 2. The number of carbonyl (C=O) groups excluding carboxylic acids is 1. The lowest BCUT2D eigenvalue weighted by Crippen LogP contribution is -2.47. The lowest BCUT2D eigenvalue weighted by atomic mass is 10.2. The van der Waals surface area contributed by atoms with Crippen LogP contribution in [0.2, 0.25) is 0 Å². The standard InChI is InChI=1S/C15H22N2O3S/c1-12(9-10-21-3)16(2)15(20)17(11-14(18)19)13-7-5-4-6-8-13/h4-8,12H,9-11H2,1-3H3,(H,18,19). The summed E-state index contributed by atoms with van der Waals surface area (Å²) in [7, 11) is 1.71. The molecule has 0 saturated heterocycles. The topological polar surface area (TPSA) is 60.9 Å². The second-order valence-corrected chi connectivity index (χ2v) is 5.83. The number of benzene rings is 1. The Bertz CT molecular complexity index is 467. The molecule has 116 valence electrons. The molecule has 0 spiro atoms. The minimum absolute atomic E-state index is 0.0601. The van der Waals surface area contributed by atoms with Gasteiger partial charge in [0, 0.05) is 18.8 Å². The molecule has 0 aliphatic rings. The fourth-order valence-electron chi connectivity index (χ4n) is 1.87. The van der Waals surface area contributed by atoms with Crippen molar-refractivity contribution >= 4 is 29.4 Å². The van der Waals surface area contributed by atoms with Crippen molar-refractivity contribution in [1.82, 2.24) is 4.90 Å². The van der Waals surface area contributed by atoms with Crippen LogP contribution in [0.1, 0.15) is 13.3 Å². The third kappa shape index (κ3) is 5.30. The Morgan fingerprint density at radius 2 is 1.90 bits per heavy atom. The zero-order chi connectivity index (χ0) is 15.8. The quantitative estimate of drug-likeness (QED) is 0.841. The van der Waals surface area contributed by atoms with Gasteiger partial charge in [-0.15, -0.1) is 0 Å². The maximum Gasteiger partial charge on any atom is 0.325 e. The molecule has 1 rings (SSSR count). The molecule has 5 nitrogen and oxygen atoms in total. The number of carboxylic acids is 1. The van der Waals surface area contributed by atoms with Crippen molar-refractivity contribution in [3.05, 3.63) is 30.3 Å². The van der Waals surface area contributed by atoms with Crippen LogP contribution in [0.4, 0.5) is 10.5 Å². The Labute approximate surface area is 129 Å². The number of urea groups is 1. The van der Waals surface area contributed by atoms with E-state index in [1.807, 2.05) is 19.2 Å². The van der Waals surface area contributed by atoms with Gasteiger partial charge in [0.05, 0.1) is 0 Å². The molecule has 1 atom stereocenters. The summed E-state index contributed by atoms with van der Waals surface area (Å²) >= 11 is 1.73. The van der Waals surface area contributed by atoms with E-state index in [2.05, 4.69) is 0 Å². The molecular formula is C15H22N2O3S. The molecule has 1 N–H and O–H groups in total. The van der Waals surface area contributed by atoms with Crippen molar-refractivity contribution in [2.45, 2.75) is 19.4 Å². The highest BCUT2D eigenvalue weighted by Gasteiger charge is 2.24. The van der Waals surface area contributed by atoms with Crippen LogP contribution in [0, 0.1) is 0 Å². The predicted octanol–water partition coefficient (Wildman–Crippen LogP) is 2.77. The summed E-state index contributed by atoms with van der Waals surface area (Å²) in [4.78, 5) is 26.5. The van der Waals surface area contributed by atoms with E-state index >= 15 is 0 Å². The first kappa shape index (κ1) is 17.4. The van der Waals surface area contributed by atoms with Gasteiger partial charge in [-0.1, -0.05) is 18.2 Å². The summed E-state index contributed by atoms with van der Waals surface area (Å²) in [5.41, 5.74) is 0.591. The van der Waals surface area contributed by atoms with Gasteiger partial charge < -0.3 is 10.0 Å². The van der Waals surface area contributed by atoms with Gasteiger partial charge in [-0.25, -0.2) is 4.79 Å². The first-order valence-electron chi connectivity index (χ1n) is 6.77. The highest BCUT2D eigenvalue weighted by atomic mass is 32.2. The lowest BCUT2D eigenvalue weighted by Gasteiger charge is -2.31. The van der Waals surface area contributed by atoms with Crippen LogP contribution in [0.3, 0.4) is 0 Å². The minimum Gasteiger partial charge on any atom is -0.480 e. The van der Waals surface area contributed by atoms with Crippen LogP contribution < -0.4 is 4.90 Å². The molecule has 2 amide bonds. The average molecular weight is 310 g/mol. The number of amides is 2. The van der Waals surface area contributed by atoms with Crippen molar-refractivity contribution in [3.63, 3.8) is 0 Å². The molecule has 0 radical (unpaired) electrons. The van der Waals surface area contributed by atoms with Gasteiger partial charge in [-0.05, 0) is 37.5 Å². The van der Waals surface area contributed by atoms with Crippen LogP contribution in [0.15, 0.2) is 30.3 Å². The fourth-order valence-corrected chi connectivity index (χ4v) is 2.45. The fraction of sp³-hybridized carbons (Fsp3) is 0.467. The number of rotatable bonds is 7. The molecule has 1 aromatic carbocycles. The molecule has 0 saturated carbocycles. The number of anilines is 1. The van der Waals surface area contributed by atoms with Gasteiger partial charge in [0.2, 0.25) is 0 Å². The molecule has 0 fully saturated rings. The summed E-state index contributed by atoms with van der Waals surface area (Å²) in [5.74, 6) is -0.0688. The Morgan fingerprint density at radius 3 is 2.43 bits per heavy atom. The van der Waals surface area contributed by atoms with E-state index in [-0.39, 0.29) is 18.6 Å². The average Bonchev–Trinajstić information content (AvgIpc) is 2.49. The Morgan fingerprint density at radius 1 is 1.29 bits per heavy atom. The summed E-state index contributed by atoms with van der Waals surface area (Å²) in [6.07, 6.45) is 2.90. The van der Waals surface area contributed by atoms with Crippen LogP contribution in [0.25, 0.3) is 0 Å². The molecule has 0 aromatic heterocycles. The largest absolute Gasteiger partial charge is 0.480 e. The van der Waals surface area contributed by atoms with E-state index in [4.69, 9.17) is 5.11 Å². The van der Waals surface area contributed by atoms with Crippen molar-refractivity contribution in [2.75, 3.05) is 30.5 Å². The zero-order valence-corrected chi connectivity index (χ0v) is 13.5. The zero-order valence-electron chi connectivity index (χ0n) is 12.7. The van der Waals surface area contributed by atoms with E-state index in [1.165, 1.54) is 4.90 Å². The van der Waals surface area contributed by atoms with Gasteiger partial charge in [0.1, 0.15) is 6.54 Å². The van der Waals surface area contributed by atoms with Gasteiger partial charge >= 0.3 is 12.0 Å². The molecule has 21 heavy (non-hydrogen) atoms. The first-order valence-corrected chi connectivity index (χ1v) is 8.16. The normalized spacial score (nSPS) is 11.8. The summed E-state index contributed by atoms with van der Waals surface area (Å²) in [6.45, 7) is 1.63. The monoisotopic (exact) mass is 310 g/mol. The highest BCUT2D eigenvalue weighted by molar-refractivity contribution is 7.98. The highest BCUT2D eigenvalue weighted by Crippen LogP contribution is 2.17. The van der Waals surface area contributed by atoms with Crippen LogP contribution in [-0.2, 0) is 4.79 Å². The Kier molecular flexibility index (Phi) is 7.08. The van der Waals surface area contributed by atoms with E-state index in [9.17, 15) is 9.59 Å². The van der Waals surface area contributed by atoms with Crippen LogP contribution in [0.5, 0.6) is 0 Å². The number of aliphatic carboxylic acids is 1. The Hall–Kier alpha value is -1.69. The number of hydrogen-bond donors (Lipinski definition) is 1. The summed E-state index contributed by atoms with van der Waals surface area (Å²) in [6, 6.07) is 8.64. The van der Waals surface area contributed by atoms with E-state index in [1.54, 1.807) is 48.0 Å². The minimum atomic E-state index is -1.03. The molecule has 6 heteroatoms. The number of carbonyl (C=O) groups is 2. The number of hydrogen-bond acceptors (Lipinski definition) is 3. The number of para-hydroxylation sites is 1. The van der Waals surface area contributed by atoms with Gasteiger partial charge in [-0.3, -0.25) is 9.69 Å². The molecule has 1 unspecified atom stereocenters.